The van der Waals surface area contributed by atoms with Crippen LogP contribution in [0.15, 0.2) is 24.3 Å². The van der Waals surface area contributed by atoms with Crippen molar-refractivity contribution in [3.05, 3.63) is 41.0 Å². The van der Waals surface area contributed by atoms with Gasteiger partial charge in [0.15, 0.2) is 0 Å². The maximum Gasteiger partial charge on any atom is 0.263 e. The smallest absolute Gasteiger partial charge is 0.263 e. The molecule has 1 aromatic carbocycles. The van der Waals surface area contributed by atoms with Crippen LogP contribution in [0.5, 0.6) is 5.75 Å². The number of benzene rings is 1. The Morgan fingerprint density at radius 3 is 1.92 bits per heavy atom. The van der Waals surface area contributed by atoms with Gasteiger partial charge in [-0.2, -0.15) is 5.01 Å². The molecule has 0 spiro atoms. The van der Waals surface area contributed by atoms with Crippen molar-refractivity contribution in [2.75, 3.05) is 0 Å². The summed E-state index contributed by atoms with van der Waals surface area (Å²) in [7, 11) is 0. The van der Waals surface area contributed by atoms with Crippen LogP contribution >= 0.6 is 0 Å². The minimum absolute atomic E-state index is 0.0678. The largest absolute Gasteiger partial charge is 0.507 e. The fourth-order valence-corrected chi connectivity index (χ4v) is 5.19. The zero-order valence-electron chi connectivity index (χ0n) is 25.7. The predicted molar refractivity (Wildman–Crippen MR) is 158 cm³/mol. The van der Waals surface area contributed by atoms with Crippen molar-refractivity contribution in [2.45, 2.75) is 142 Å². The molecule has 0 bridgehead atoms. The van der Waals surface area contributed by atoms with Crippen molar-refractivity contribution >= 4 is 17.7 Å². The number of phenols is 1. The number of nitrogens with zero attached hydrogens (tertiary/aromatic N) is 1. The molecule has 2 N–H and O–H groups in total. The van der Waals surface area contributed by atoms with Crippen molar-refractivity contribution in [1.82, 2.24) is 10.4 Å². The maximum atomic E-state index is 14.0. The number of allylic oxidation sites excluding steroid dienone is 1. The number of phenolic OH excluding ortho intramolecular Hbond substituents is 1. The Hall–Kier alpha value is -2.63. The van der Waals surface area contributed by atoms with Crippen molar-refractivity contribution in [3.63, 3.8) is 0 Å². The van der Waals surface area contributed by atoms with E-state index < -0.39 is 17.2 Å². The summed E-state index contributed by atoms with van der Waals surface area (Å²) in [5.41, 5.74) is 2.63. The van der Waals surface area contributed by atoms with Gasteiger partial charge in [-0.15, -0.1) is 0 Å². The Bertz CT molecular complexity index is 1010. The van der Waals surface area contributed by atoms with Crippen LogP contribution in [0, 0.1) is 0 Å². The van der Waals surface area contributed by atoms with E-state index in [1.807, 2.05) is 65.8 Å². The summed E-state index contributed by atoms with van der Waals surface area (Å²) in [6, 6.07) is 3.75. The Morgan fingerprint density at radius 2 is 1.44 bits per heavy atom. The third-order valence-electron chi connectivity index (χ3n) is 7.69. The highest BCUT2D eigenvalue weighted by Crippen LogP contribution is 2.45. The average molecular weight is 541 g/mol. The molecule has 2 rings (SSSR count). The first kappa shape index (κ1) is 32.6. The van der Waals surface area contributed by atoms with E-state index in [1.54, 1.807) is 6.92 Å². The molecule has 0 saturated carbocycles. The number of nitrogens with one attached hydrogen (secondary N) is 1. The lowest BCUT2D eigenvalue weighted by Crippen LogP contribution is -2.48. The molecule has 1 saturated heterocycles. The molecule has 6 heteroatoms. The van der Waals surface area contributed by atoms with Gasteiger partial charge in [0.05, 0.1) is 6.42 Å². The van der Waals surface area contributed by atoms with Gasteiger partial charge in [-0.05, 0) is 40.4 Å². The summed E-state index contributed by atoms with van der Waals surface area (Å²) in [6.07, 6.45) is 14.6. The van der Waals surface area contributed by atoms with Gasteiger partial charge >= 0.3 is 0 Å². The highest BCUT2D eigenvalue weighted by Gasteiger charge is 2.52. The Labute approximate surface area is 236 Å². The summed E-state index contributed by atoms with van der Waals surface area (Å²) < 4.78 is 0. The number of amides is 3. The van der Waals surface area contributed by atoms with Crippen molar-refractivity contribution in [3.8, 4) is 5.75 Å². The number of carbonyl (C=O) groups excluding carboxylic acids is 3. The number of unbranched alkanes of at least 4 members (excludes halogenated alkanes) is 8. The summed E-state index contributed by atoms with van der Waals surface area (Å²) in [5.74, 6) is -1.04. The van der Waals surface area contributed by atoms with Crippen LogP contribution < -0.4 is 5.43 Å². The fraction of sp³-hybridized carbons (Fsp3) is 0.667. The van der Waals surface area contributed by atoms with Gasteiger partial charge in [0.25, 0.3) is 5.91 Å². The molecule has 1 fully saturated rings. The molecule has 1 heterocycles. The molecule has 0 aliphatic carbocycles. The Kier molecular flexibility index (Phi) is 11.4. The minimum atomic E-state index is -1.24. The van der Waals surface area contributed by atoms with Gasteiger partial charge in [0.2, 0.25) is 11.8 Å². The maximum absolute atomic E-state index is 14.0. The quantitative estimate of drug-likeness (QED) is 0.154. The topological polar surface area (TPSA) is 86.7 Å². The second-order valence-corrected chi connectivity index (χ2v) is 13.2. The predicted octanol–water partition coefficient (Wildman–Crippen LogP) is 7.51. The lowest BCUT2D eigenvalue weighted by Gasteiger charge is -2.32. The second kappa shape index (κ2) is 13.6. The van der Waals surface area contributed by atoms with E-state index in [1.165, 1.54) is 38.5 Å². The first-order valence-electron chi connectivity index (χ1n) is 14.9. The second-order valence-electron chi connectivity index (χ2n) is 13.2. The third kappa shape index (κ3) is 8.18. The zero-order chi connectivity index (χ0) is 29.4. The number of hydrogen-bond acceptors (Lipinski definition) is 4. The number of hydrogen-bond donors (Lipinski definition) is 2. The van der Waals surface area contributed by atoms with Gasteiger partial charge in [0, 0.05) is 6.42 Å². The highest BCUT2D eigenvalue weighted by molar-refractivity contribution is 6.11. The first-order valence-corrected chi connectivity index (χ1v) is 14.9. The molecular weight excluding hydrogens is 488 g/mol. The number of aromatic hydroxyl groups is 1. The van der Waals surface area contributed by atoms with Crippen molar-refractivity contribution in [2.24, 2.45) is 0 Å². The molecule has 0 aromatic heterocycles. The Morgan fingerprint density at radius 1 is 0.923 bits per heavy atom. The molecule has 39 heavy (non-hydrogen) atoms. The molecule has 3 amide bonds. The SMILES string of the molecule is CCCCCCCCCC/C=C/C1(c2cc(C(C)(C)C)c(O)c(C(C)(C)C)c2)CC(=O)N(NC(=O)CC)C1=O. The molecule has 1 unspecified atom stereocenters. The Balaban J connectivity index is 2.46. The van der Waals surface area contributed by atoms with E-state index in [9.17, 15) is 19.5 Å². The van der Waals surface area contributed by atoms with Crippen LogP contribution in [0.4, 0.5) is 0 Å². The van der Waals surface area contributed by atoms with Gasteiger partial charge in [-0.25, -0.2) is 0 Å². The first-order chi connectivity index (χ1) is 18.2. The van der Waals surface area contributed by atoms with E-state index in [4.69, 9.17) is 0 Å². The van der Waals surface area contributed by atoms with E-state index >= 15 is 0 Å². The van der Waals surface area contributed by atoms with Crippen molar-refractivity contribution < 1.29 is 19.5 Å². The molecule has 1 aromatic rings. The molecule has 218 valence electrons. The zero-order valence-corrected chi connectivity index (χ0v) is 25.7. The van der Waals surface area contributed by atoms with Crippen LogP contribution in [-0.2, 0) is 30.6 Å². The summed E-state index contributed by atoms with van der Waals surface area (Å²) >= 11 is 0. The lowest BCUT2D eigenvalue weighted by atomic mass is 9.72. The van der Waals surface area contributed by atoms with Crippen molar-refractivity contribution in [1.29, 1.82) is 0 Å². The van der Waals surface area contributed by atoms with E-state index in [2.05, 4.69) is 12.3 Å². The number of rotatable bonds is 13. The van der Waals surface area contributed by atoms with Crippen LogP contribution in [0.25, 0.3) is 0 Å². The molecule has 1 aliphatic heterocycles. The van der Waals surface area contributed by atoms with Gasteiger partial charge < -0.3 is 5.11 Å². The van der Waals surface area contributed by atoms with Gasteiger partial charge in [0.1, 0.15) is 11.2 Å². The minimum Gasteiger partial charge on any atom is -0.507 e. The monoisotopic (exact) mass is 540 g/mol. The van der Waals surface area contributed by atoms with Crippen LogP contribution in [-0.4, -0.2) is 27.8 Å². The normalized spacial score (nSPS) is 18.4. The molecule has 1 aliphatic rings. The van der Waals surface area contributed by atoms with Crippen LogP contribution in [0.3, 0.4) is 0 Å². The summed E-state index contributed by atoms with van der Waals surface area (Å²) in [4.78, 5) is 39.3. The molecule has 0 radical (unpaired) electrons. The molecule has 1 atom stereocenters. The lowest BCUT2D eigenvalue weighted by molar-refractivity contribution is -0.148. The summed E-state index contributed by atoms with van der Waals surface area (Å²) in [5, 5.41) is 12.2. The number of carbonyl (C=O) groups is 3. The van der Waals surface area contributed by atoms with E-state index in [0.717, 1.165) is 35.4 Å². The van der Waals surface area contributed by atoms with Gasteiger partial charge in [-0.3, -0.25) is 19.8 Å². The number of imide groups is 1. The van der Waals surface area contributed by atoms with Crippen LogP contribution in [0.2, 0.25) is 0 Å². The van der Waals surface area contributed by atoms with E-state index in [-0.39, 0.29) is 35.3 Å². The number of hydrazine groups is 1. The standard InChI is InChI=1S/C33H52N2O4/c1-9-11-12-13-14-15-16-17-18-19-20-33(23-28(37)35(30(33)39)34-27(36)10-2)24-21-25(31(3,4)5)29(38)26(22-24)32(6,7)8/h19-22,38H,9-18,23H2,1-8H3,(H,34,36)/b20-19+. The molecule has 6 nitrogen and oxygen atoms in total. The third-order valence-corrected chi connectivity index (χ3v) is 7.69. The average Bonchev–Trinajstić information content (AvgIpc) is 3.08. The van der Waals surface area contributed by atoms with Gasteiger partial charge in [-0.1, -0.05) is 125 Å². The fourth-order valence-electron chi connectivity index (χ4n) is 5.19. The molecular formula is C33H52N2O4. The van der Waals surface area contributed by atoms with Crippen LogP contribution in [0.1, 0.15) is 143 Å². The van der Waals surface area contributed by atoms with E-state index in [0.29, 0.717) is 5.56 Å². The summed E-state index contributed by atoms with van der Waals surface area (Å²) in [6.45, 7) is 16.1. The highest BCUT2D eigenvalue weighted by atomic mass is 16.3.